The lowest BCUT2D eigenvalue weighted by molar-refractivity contribution is -0.137. The molecule has 2 N–H and O–H groups in total. The van der Waals surface area contributed by atoms with Gasteiger partial charge in [-0.15, -0.1) is 0 Å². The number of benzene rings is 1. The van der Waals surface area contributed by atoms with Gasteiger partial charge in [-0.3, -0.25) is 4.79 Å². The molecule has 2 aromatic rings. The van der Waals surface area contributed by atoms with Crippen molar-refractivity contribution in [2.24, 2.45) is 0 Å². The molecule has 1 aromatic carbocycles. The molecule has 0 saturated carbocycles. The third-order valence-corrected chi connectivity index (χ3v) is 3.39. The van der Waals surface area contributed by atoms with E-state index >= 15 is 0 Å². The number of alkyl halides is 3. The number of hydrogen-bond donors (Lipinski definition) is 2. The van der Waals surface area contributed by atoms with Crippen LogP contribution in [0.25, 0.3) is 0 Å². The third kappa shape index (κ3) is 5.37. The van der Waals surface area contributed by atoms with Crippen molar-refractivity contribution in [2.75, 3.05) is 25.5 Å². The van der Waals surface area contributed by atoms with Crippen molar-refractivity contribution in [1.29, 1.82) is 0 Å². The molecule has 1 heterocycles. The van der Waals surface area contributed by atoms with E-state index in [9.17, 15) is 18.0 Å². The number of rotatable bonds is 7. The first-order valence-electron chi connectivity index (χ1n) is 7.60. The number of nitrogens with zero attached hydrogens (tertiary/aromatic N) is 1. The largest absolute Gasteiger partial charge is 0.496 e. The van der Waals surface area contributed by atoms with Crippen molar-refractivity contribution in [1.82, 2.24) is 10.3 Å². The molecule has 0 saturated heterocycles. The molecule has 2 rings (SSSR count). The second-order valence-electron chi connectivity index (χ2n) is 5.17. The number of hydrogen-bond acceptors (Lipinski definition) is 4. The monoisotopic (exact) mass is 353 g/mol. The van der Waals surface area contributed by atoms with Crippen LogP contribution in [-0.4, -0.2) is 31.1 Å². The maximum Gasteiger partial charge on any atom is 0.417 e. The smallest absolute Gasteiger partial charge is 0.417 e. The fourth-order valence-corrected chi connectivity index (χ4v) is 2.10. The fraction of sp³-hybridized carbons (Fsp3) is 0.294. The SMILES string of the molecule is COc1ccccc1C(=O)NCCCNc1ccc(C(F)(F)F)cn1. The lowest BCUT2D eigenvalue weighted by Gasteiger charge is -2.10. The summed E-state index contributed by atoms with van der Waals surface area (Å²) in [6.45, 7) is 0.870. The number of ether oxygens (including phenoxy) is 1. The molecule has 1 amide bonds. The van der Waals surface area contributed by atoms with Crippen molar-refractivity contribution in [2.45, 2.75) is 12.6 Å². The highest BCUT2D eigenvalue weighted by Gasteiger charge is 2.30. The Labute approximate surface area is 143 Å². The zero-order chi connectivity index (χ0) is 18.3. The molecule has 0 aliphatic rings. The summed E-state index contributed by atoms with van der Waals surface area (Å²) >= 11 is 0. The Balaban J connectivity index is 1.74. The Morgan fingerprint density at radius 1 is 1.16 bits per heavy atom. The van der Waals surface area contributed by atoms with Gasteiger partial charge >= 0.3 is 6.18 Å². The molecule has 5 nitrogen and oxygen atoms in total. The predicted octanol–water partition coefficient (Wildman–Crippen LogP) is 3.34. The molecule has 0 spiro atoms. The summed E-state index contributed by atoms with van der Waals surface area (Å²) < 4.78 is 42.4. The average molecular weight is 353 g/mol. The summed E-state index contributed by atoms with van der Waals surface area (Å²) in [5.74, 6) is 0.598. The van der Waals surface area contributed by atoms with Gasteiger partial charge in [0.15, 0.2) is 0 Å². The topological polar surface area (TPSA) is 63.2 Å². The van der Waals surface area contributed by atoms with Gasteiger partial charge in [0.1, 0.15) is 11.6 Å². The molecular weight excluding hydrogens is 335 g/mol. The zero-order valence-electron chi connectivity index (χ0n) is 13.6. The van der Waals surface area contributed by atoms with Crippen LogP contribution in [0, 0.1) is 0 Å². The molecule has 0 atom stereocenters. The highest BCUT2D eigenvalue weighted by molar-refractivity contribution is 5.96. The molecule has 134 valence electrons. The van der Waals surface area contributed by atoms with Gasteiger partial charge in [0.2, 0.25) is 0 Å². The van der Waals surface area contributed by atoms with E-state index in [-0.39, 0.29) is 5.91 Å². The van der Waals surface area contributed by atoms with Crippen molar-refractivity contribution >= 4 is 11.7 Å². The van der Waals surface area contributed by atoms with Crippen LogP contribution in [0.4, 0.5) is 19.0 Å². The van der Waals surface area contributed by atoms with Gasteiger partial charge in [0.05, 0.1) is 18.2 Å². The second-order valence-corrected chi connectivity index (χ2v) is 5.17. The van der Waals surface area contributed by atoms with Gasteiger partial charge in [0, 0.05) is 19.3 Å². The standard InChI is InChI=1S/C17H18F3N3O2/c1-25-14-6-3-2-5-13(14)16(24)22-10-4-9-21-15-8-7-12(11-23-15)17(18,19)20/h2-3,5-8,11H,4,9-10H2,1H3,(H,21,23)(H,22,24). The minimum absolute atomic E-state index is 0.245. The third-order valence-electron chi connectivity index (χ3n) is 3.39. The predicted molar refractivity (Wildman–Crippen MR) is 87.7 cm³/mol. The van der Waals surface area contributed by atoms with E-state index in [1.807, 2.05) is 0 Å². The number of halogens is 3. The Kier molecular flexibility index (Phi) is 6.21. The van der Waals surface area contributed by atoms with E-state index in [1.54, 1.807) is 24.3 Å². The van der Waals surface area contributed by atoms with E-state index < -0.39 is 11.7 Å². The van der Waals surface area contributed by atoms with Crippen molar-refractivity contribution in [3.8, 4) is 5.75 Å². The molecule has 25 heavy (non-hydrogen) atoms. The maximum absolute atomic E-state index is 12.4. The molecule has 0 radical (unpaired) electrons. The molecule has 0 fully saturated rings. The first-order valence-corrected chi connectivity index (χ1v) is 7.60. The number of pyridine rings is 1. The van der Waals surface area contributed by atoms with Crippen LogP contribution in [0.3, 0.4) is 0 Å². The van der Waals surface area contributed by atoms with Crippen molar-refractivity contribution in [3.05, 3.63) is 53.7 Å². The number of methoxy groups -OCH3 is 1. The van der Waals surface area contributed by atoms with Gasteiger partial charge in [0.25, 0.3) is 5.91 Å². The Bertz CT molecular complexity index is 703. The van der Waals surface area contributed by atoms with Crippen LogP contribution in [-0.2, 0) is 6.18 Å². The van der Waals surface area contributed by atoms with Crippen LogP contribution in [0.15, 0.2) is 42.6 Å². The Morgan fingerprint density at radius 2 is 1.92 bits per heavy atom. The maximum atomic E-state index is 12.4. The summed E-state index contributed by atoms with van der Waals surface area (Å²) in [6.07, 6.45) is -3.02. The van der Waals surface area contributed by atoms with Gasteiger partial charge < -0.3 is 15.4 Å². The lowest BCUT2D eigenvalue weighted by Crippen LogP contribution is -2.26. The normalized spacial score (nSPS) is 11.0. The highest BCUT2D eigenvalue weighted by atomic mass is 19.4. The molecule has 0 bridgehead atoms. The van der Waals surface area contributed by atoms with Gasteiger partial charge in [-0.2, -0.15) is 13.2 Å². The molecule has 8 heteroatoms. The van der Waals surface area contributed by atoms with Gasteiger partial charge in [-0.25, -0.2) is 4.98 Å². The molecular formula is C17H18F3N3O2. The minimum Gasteiger partial charge on any atom is -0.496 e. The van der Waals surface area contributed by atoms with E-state index in [1.165, 1.54) is 13.2 Å². The van der Waals surface area contributed by atoms with E-state index in [4.69, 9.17) is 4.74 Å². The van der Waals surface area contributed by atoms with Crippen LogP contribution >= 0.6 is 0 Å². The molecule has 0 unspecified atom stereocenters. The summed E-state index contributed by atoms with van der Waals surface area (Å²) in [7, 11) is 1.49. The quantitative estimate of drug-likeness (QED) is 0.750. The zero-order valence-corrected chi connectivity index (χ0v) is 13.6. The van der Waals surface area contributed by atoms with Crippen LogP contribution in [0.5, 0.6) is 5.75 Å². The first kappa shape index (κ1) is 18.6. The minimum atomic E-state index is -4.39. The molecule has 0 aliphatic carbocycles. The number of carbonyl (C=O) groups excluding carboxylic acids is 1. The van der Waals surface area contributed by atoms with Crippen molar-refractivity contribution < 1.29 is 22.7 Å². The number of anilines is 1. The van der Waals surface area contributed by atoms with Gasteiger partial charge in [-0.1, -0.05) is 12.1 Å². The number of para-hydroxylation sites is 1. The molecule has 0 aliphatic heterocycles. The Hall–Kier alpha value is -2.77. The van der Waals surface area contributed by atoms with E-state index in [0.29, 0.717) is 36.6 Å². The summed E-state index contributed by atoms with van der Waals surface area (Å²) in [5, 5.41) is 5.67. The molecule has 1 aromatic heterocycles. The number of amides is 1. The highest BCUT2D eigenvalue weighted by Crippen LogP contribution is 2.28. The summed E-state index contributed by atoms with van der Waals surface area (Å²) in [5.41, 5.74) is -0.343. The number of aromatic nitrogens is 1. The second kappa shape index (κ2) is 8.36. The van der Waals surface area contributed by atoms with E-state index in [2.05, 4.69) is 15.6 Å². The first-order chi connectivity index (χ1) is 11.9. The number of carbonyl (C=O) groups is 1. The summed E-state index contributed by atoms with van der Waals surface area (Å²) in [4.78, 5) is 15.8. The van der Waals surface area contributed by atoms with E-state index in [0.717, 1.165) is 12.3 Å². The van der Waals surface area contributed by atoms with Gasteiger partial charge in [-0.05, 0) is 30.7 Å². The van der Waals surface area contributed by atoms with Crippen LogP contribution < -0.4 is 15.4 Å². The Morgan fingerprint density at radius 3 is 2.56 bits per heavy atom. The average Bonchev–Trinajstić information content (AvgIpc) is 2.61. The van der Waals surface area contributed by atoms with Crippen molar-refractivity contribution in [3.63, 3.8) is 0 Å². The van der Waals surface area contributed by atoms with Crippen LogP contribution in [0.1, 0.15) is 22.3 Å². The number of nitrogens with one attached hydrogen (secondary N) is 2. The fourth-order valence-electron chi connectivity index (χ4n) is 2.10. The summed E-state index contributed by atoms with van der Waals surface area (Å²) in [6, 6.07) is 9.13. The lowest BCUT2D eigenvalue weighted by atomic mass is 10.2. The van der Waals surface area contributed by atoms with Crippen LogP contribution in [0.2, 0.25) is 0 Å².